The second kappa shape index (κ2) is 8.26. The minimum Gasteiger partial charge on any atom is -0.343 e. The van der Waals surface area contributed by atoms with Crippen LogP contribution >= 0.6 is 0 Å². The van der Waals surface area contributed by atoms with Crippen LogP contribution in [0.1, 0.15) is 39.0 Å². The summed E-state index contributed by atoms with van der Waals surface area (Å²) in [4.78, 5) is 22.3. The predicted molar refractivity (Wildman–Crippen MR) is 83.0 cm³/mol. The van der Waals surface area contributed by atoms with Gasteiger partial charge in [-0.25, -0.2) is 0 Å². The van der Waals surface area contributed by atoms with E-state index in [-0.39, 0.29) is 5.91 Å². The van der Waals surface area contributed by atoms with Crippen LogP contribution in [0.15, 0.2) is 29.0 Å². The first-order chi connectivity index (χ1) is 10.7. The van der Waals surface area contributed by atoms with Crippen molar-refractivity contribution in [3.63, 3.8) is 0 Å². The molecule has 0 atom stereocenters. The van der Waals surface area contributed by atoms with Gasteiger partial charge >= 0.3 is 0 Å². The van der Waals surface area contributed by atoms with Crippen LogP contribution in [0, 0.1) is 0 Å². The SMILES string of the molecule is CCCCN(CC)C(=O)CCc1nc(-c2ccncc2)no1. The minimum atomic E-state index is 0.139. The van der Waals surface area contributed by atoms with E-state index in [0.717, 1.165) is 31.5 Å². The maximum atomic E-state index is 12.2. The number of hydrogen-bond acceptors (Lipinski definition) is 5. The number of aromatic nitrogens is 3. The molecule has 6 heteroatoms. The highest BCUT2D eigenvalue weighted by molar-refractivity contribution is 5.76. The first-order valence-corrected chi connectivity index (χ1v) is 7.75. The summed E-state index contributed by atoms with van der Waals surface area (Å²) in [6.07, 6.45) is 6.35. The van der Waals surface area contributed by atoms with Gasteiger partial charge in [0.25, 0.3) is 0 Å². The summed E-state index contributed by atoms with van der Waals surface area (Å²) in [6, 6.07) is 3.65. The third-order valence-electron chi connectivity index (χ3n) is 3.48. The van der Waals surface area contributed by atoms with Crippen molar-refractivity contribution in [1.82, 2.24) is 20.0 Å². The van der Waals surface area contributed by atoms with Gasteiger partial charge < -0.3 is 9.42 Å². The predicted octanol–water partition coefficient (Wildman–Crippen LogP) is 2.71. The Morgan fingerprint density at radius 1 is 1.27 bits per heavy atom. The zero-order valence-electron chi connectivity index (χ0n) is 13.2. The molecule has 2 aromatic rings. The van der Waals surface area contributed by atoms with Gasteiger partial charge in [-0.2, -0.15) is 4.98 Å². The standard InChI is InChI=1S/C16H22N4O2/c1-3-5-12-20(4-2)15(21)7-6-14-18-16(19-22-14)13-8-10-17-11-9-13/h8-11H,3-7,12H2,1-2H3. The lowest BCUT2D eigenvalue weighted by Crippen LogP contribution is -2.31. The summed E-state index contributed by atoms with van der Waals surface area (Å²) in [5, 5.41) is 3.94. The molecule has 1 amide bonds. The molecule has 0 saturated heterocycles. The van der Waals surface area contributed by atoms with Crippen molar-refractivity contribution in [3.8, 4) is 11.4 Å². The van der Waals surface area contributed by atoms with Gasteiger partial charge in [0, 0.05) is 43.9 Å². The summed E-state index contributed by atoms with van der Waals surface area (Å²) in [7, 11) is 0. The lowest BCUT2D eigenvalue weighted by Gasteiger charge is -2.20. The molecule has 0 aliphatic rings. The van der Waals surface area contributed by atoms with Crippen LogP contribution in [0.25, 0.3) is 11.4 Å². The summed E-state index contributed by atoms with van der Waals surface area (Å²) >= 11 is 0. The van der Waals surface area contributed by atoms with E-state index >= 15 is 0 Å². The Morgan fingerprint density at radius 3 is 2.73 bits per heavy atom. The van der Waals surface area contributed by atoms with Crippen molar-refractivity contribution < 1.29 is 9.32 Å². The van der Waals surface area contributed by atoms with Crippen LogP contribution in [-0.4, -0.2) is 39.0 Å². The lowest BCUT2D eigenvalue weighted by atomic mass is 10.2. The van der Waals surface area contributed by atoms with Crippen molar-refractivity contribution in [3.05, 3.63) is 30.4 Å². The zero-order chi connectivity index (χ0) is 15.8. The van der Waals surface area contributed by atoms with E-state index in [0.29, 0.717) is 24.6 Å². The van der Waals surface area contributed by atoms with E-state index in [1.807, 2.05) is 24.0 Å². The summed E-state index contributed by atoms with van der Waals surface area (Å²) in [5.41, 5.74) is 0.856. The Kier molecular flexibility index (Phi) is 6.06. The Bertz CT molecular complexity index is 583. The molecule has 0 spiro atoms. The molecule has 0 aromatic carbocycles. The Balaban J connectivity index is 1.89. The summed E-state index contributed by atoms with van der Waals surface area (Å²) in [5.74, 6) is 1.16. The molecular weight excluding hydrogens is 280 g/mol. The third-order valence-corrected chi connectivity index (χ3v) is 3.48. The quantitative estimate of drug-likeness (QED) is 0.749. The molecule has 0 aliphatic heterocycles. The molecule has 0 radical (unpaired) electrons. The van der Waals surface area contributed by atoms with Gasteiger partial charge in [-0.3, -0.25) is 9.78 Å². The van der Waals surface area contributed by atoms with Crippen LogP contribution in [-0.2, 0) is 11.2 Å². The molecule has 118 valence electrons. The average Bonchev–Trinajstić information content (AvgIpc) is 3.03. The molecule has 0 saturated carbocycles. The van der Waals surface area contributed by atoms with Crippen LogP contribution in [0.4, 0.5) is 0 Å². The van der Waals surface area contributed by atoms with E-state index in [1.54, 1.807) is 12.4 Å². The van der Waals surface area contributed by atoms with E-state index in [2.05, 4.69) is 22.0 Å². The van der Waals surface area contributed by atoms with Gasteiger partial charge in [0.2, 0.25) is 17.6 Å². The number of carbonyl (C=O) groups excluding carboxylic acids is 1. The molecule has 2 aromatic heterocycles. The van der Waals surface area contributed by atoms with E-state index in [9.17, 15) is 4.79 Å². The van der Waals surface area contributed by atoms with E-state index in [4.69, 9.17) is 4.52 Å². The topological polar surface area (TPSA) is 72.1 Å². The molecule has 22 heavy (non-hydrogen) atoms. The molecular formula is C16H22N4O2. The lowest BCUT2D eigenvalue weighted by molar-refractivity contribution is -0.131. The molecule has 0 unspecified atom stereocenters. The van der Waals surface area contributed by atoms with Gasteiger partial charge in [0.1, 0.15) is 0 Å². The van der Waals surface area contributed by atoms with Crippen LogP contribution < -0.4 is 0 Å². The fourth-order valence-electron chi connectivity index (χ4n) is 2.15. The number of nitrogens with zero attached hydrogens (tertiary/aromatic N) is 4. The van der Waals surface area contributed by atoms with Gasteiger partial charge in [0.15, 0.2) is 0 Å². The Hall–Kier alpha value is -2.24. The number of pyridine rings is 1. The molecule has 0 N–H and O–H groups in total. The Morgan fingerprint density at radius 2 is 2.05 bits per heavy atom. The molecule has 0 aliphatic carbocycles. The molecule has 2 heterocycles. The monoisotopic (exact) mass is 302 g/mol. The number of rotatable bonds is 8. The Labute approximate surface area is 130 Å². The van der Waals surface area contributed by atoms with E-state index < -0.39 is 0 Å². The third kappa shape index (κ3) is 4.38. The van der Waals surface area contributed by atoms with Crippen molar-refractivity contribution in [2.75, 3.05) is 13.1 Å². The normalized spacial score (nSPS) is 10.6. The number of unbranched alkanes of at least 4 members (excludes halogenated alkanes) is 1. The second-order valence-electron chi connectivity index (χ2n) is 5.07. The number of carbonyl (C=O) groups is 1. The second-order valence-corrected chi connectivity index (χ2v) is 5.07. The minimum absolute atomic E-state index is 0.139. The highest BCUT2D eigenvalue weighted by Gasteiger charge is 2.14. The van der Waals surface area contributed by atoms with Crippen LogP contribution in [0.3, 0.4) is 0 Å². The maximum absolute atomic E-state index is 12.2. The smallest absolute Gasteiger partial charge is 0.227 e. The number of hydrogen-bond donors (Lipinski definition) is 0. The summed E-state index contributed by atoms with van der Waals surface area (Å²) in [6.45, 7) is 5.68. The van der Waals surface area contributed by atoms with E-state index in [1.165, 1.54) is 0 Å². The molecule has 0 bridgehead atoms. The molecule has 2 rings (SSSR count). The first-order valence-electron chi connectivity index (χ1n) is 7.75. The average molecular weight is 302 g/mol. The first kappa shape index (κ1) is 16.1. The van der Waals surface area contributed by atoms with Gasteiger partial charge in [-0.05, 0) is 25.5 Å². The van der Waals surface area contributed by atoms with Crippen molar-refractivity contribution >= 4 is 5.91 Å². The number of amides is 1. The summed E-state index contributed by atoms with van der Waals surface area (Å²) < 4.78 is 5.21. The van der Waals surface area contributed by atoms with Gasteiger partial charge in [-0.15, -0.1) is 0 Å². The van der Waals surface area contributed by atoms with Gasteiger partial charge in [0.05, 0.1) is 0 Å². The van der Waals surface area contributed by atoms with Crippen LogP contribution in [0.5, 0.6) is 0 Å². The van der Waals surface area contributed by atoms with Crippen LogP contribution in [0.2, 0.25) is 0 Å². The largest absolute Gasteiger partial charge is 0.343 e. The maximum Gasteiger partial charge on any atom is 0.227 e. The molecule has 6 nitrogen and oxygen atoms in total. The fourth-order valence-corrected chi connectivity index (χ4v) is 2.15. The van der Waals surface area contributed by atoms with Gasteiger partial charge in [-0.1, -0.05) is 18.5 Å². The molecule has 0 fully saturated rings. The van der Waals surface area contributed by atoms with Crippen molar-refractivity contribution in [1.29, 1.82) is 0 Å². The highest BCUT2D eigenvalue weighted by atomic mass is 16.5. The van der Waals surface area contributed by atoms with Crippen molar-refractivity contribution in [2.45, 2.75) is 39.5 Å². The fraction of sp³-hybridized carbons (Fsp3) is 0.500. The zero-order valence-corrected chi connectivity index (χ0v) is 13.2. The number of aryl methyl sites for hydroxylation is 1. The highest BCUT2D eigenvalue weighted by Crippen LogP contribution is 2.15. The van der Waals surface area contributed by atoms with Crippen molar-refractivity contribution in [2.24, 2.45) is 0 Å².